The van der Waals surface area contributed by atoms with Crippen molar-refractivity contribution in [3.63, 3.8) is 0 Å². The minimum absolute atomic E-state index is 0.135. The third-order valence-electron chi connectivity index (χ3n) is 4.29. The molecule has 1 amide bonds. The molecule has 24 heavy (non-hydrogen) atoms. The van der Waals surface area contributed by atoms with Crippen LogP contribution >= 0.6 is 24.0 Å². The highest BCUT2D eigenvalue weighted by Crippen LogP contribution is 2.39. The molecule has 1 aliphatic heterocycles. The number of hydrogen-bond donors (Lipinski definition) is 1. The SMILES string of the molecule is O=C1/C(=C\c2cccc([N+](=O)[O-])c2O)SC(=S)N1C1CCCCC1. The lowest BCUT2D eigenvalue weighted by molar-refractivity contribution is -0.385. The Bertz CT molecular complexity index is 742. The number of para-hydroxylation sites is 1. The molecule has 0 spiro atoms. The lowest BCUT2D eigenvalue weighted by Crippen LogP contribution is -2.39. The van der Waals surface area contributed by atoms with Crippen molar-refractivity contribution in [3.8, 4) is 5.75 Å². The Morgan fingerprint density at radius 1 is 1.33 bits per heavy atom. The molecule has 1 aromatic rings. The Kier molecular flexibility index (Phi) is 4.86. The van der Waals surface area contributed by atoms with Gasteiger partial charge in [-0.15, -0.1) is 0 Å². The molecule has 8 heteroatoms. The fourth-order valence-electron chi connectivity index (χ4n) is 3.09. The monoisotopic (exact) mass is 364 g/mol. The normalized spacial score (nSPS) is 20.8. The first-order chi connectivity index (χ1) is 11.5. The van der Waals surface area contributed by atoms with Crippen LogP contribution in [0.2, 0.25) is 0 Å². The first kappa shape index (κ1) is 16.9. The zero-order valence-corrected chi connectivity index (χ0v) is 14.4. The van der Waals surface area contributed by atoms with E-state index >= 15 is 0 Å². The number of nitro groups is 1. The summed E-state index contributed by atoms with van der Waals surface area (Å²) < 4.78 is 0.517. The first-order valence-electron chi connectivity index (χ1n) is 7.72. The molecule has 2 aliphatic rings. The van der Waals surface area contributed by atoms with Gasteiger partial charge >= 0.3 is 5.69 Å². The topological polar surface area (TPSA) is 83.7 Å². The molecule has 1 aromatic carbocycles. The van der Waals surface area contributed by atoms with Crippen LogP contribution in [-0.2, 0) is 4.79 Å². The van der Waals surface area contributed by atoms with Gasteiger partial charge in [0.15, 0.2) is 0 Å². The number of thiocarbonyl (C=S) groups is 1. The second-order valence-corrected chi connectivity index (χ2v) is 7.49. The Hall–Kier alpha value is -1.93. The molecule has 0 aromatic heterocycles. The predicted octanol–water partition coefficient (Wildman–Crippen LogP) is 3.83. The molecule has 1 heterocycles. The number of rotatable bonds is 3. The maximum Gasteiger partial charge on any atom is 0.311 e. The van der Waals surface area contributed by atoms with Crippen molar-refractivity contribution in [3.05, 3.63) is 38.8 Å². The van der Waals surface area contributed by atoms with Gasteiger partial charge in [0.1, 0.15) is 4.32 Å². The number of aromatic hydroxyl groups is 1. The van der Waals surface area contributed by atoms with E-state index in [4.69, 9.17) is 12.2 Å². The van der Waals surface area contributed by atoms with Crippen LogP contribution in [0.3, 0.4) is 0 Å². The average molecular weight is 364 g/mol. The number of benzene rings is 1. The van der Waals surface area contributed by atoms with Crippen LogP contribution in [0.25, 0.3) is 6.08 Å². The van der Waals surface area contributed by atoms with Gasteiger partial charge in [-0.2, -0.15) is 0 Å². The van der Waals surface area contributed by atoms with Gasteiger partial charge in [-0.25, -0.2) is 0 Å². The molecule has 0 unspecified atom stereocenters. The summed E-state index contributed by atoms with van der Waals surface area (Å²) in [4.78, 5) is 25.0. The zero-order chi connectivity index (χ0) is 17.3. The molecular weight excluding hydrogens is 348 g/mol. The predicted molar refractivity (Wildman–Crippen MR) is 96.6 cm³/mol. The number of nitro benzene ring substituents is 1. The molecule has 6 nitrogen and oxygen atoms in total. The summed E-state index contributed by atoms with van der Waals surface area (Å²) in [5.41, 5.74) is -0.139. The number of carbonyl (C=O) groups is 1. The summed E-state index contributed by atoms with van der Waals surface area (Å²) in [7, 11) is 0. The standard InChI is InChI=1S/C16H16N2O4S2/c19-14-10(5-4-8-12(14)18(21)22)9-13-15(20)17(16(23)24-13)11-6-2-1-3-7-11/h4-5,8-9,11,19H,1-3,6-7H2/b13-9+. The molecule has 0 atom stereocenters. The fourth-order valence-corrected chi connectivity index (χ4v) is 4.48. The number of nitrogens with zero attached hydrogens (tertiary/aromatic N) is 2. The van der Waals surface area contributed by atoms with Crippen LogP contribution in [0.4, 0.5) is 5.69 Å². The number of phenolic OH excluding ortho intramolecular Hbond substituents is 1. The van der Waals surface area contributed by atoms with E-state index < -0.39 is 10.7 Å². The molecular formula is C16H16N2O4S2. The number of amides is 1. The number of carbonyl (C=O) groups excluding carboxylic acids is 1. The van der Waals surface area contributed by atoms with E-state index in [9.17, 15) is 20.0 Å². The van der Waals surface area contributed by atoms with E-state index in [-0.39, 0.29) is 23.2 Å². The molecule has 0 bridgehead atoms. The lowest BCUT2D eigenvalue weighted by atomic mass is 9.94. The van der Waals surface area contributed by atoms with Gasteiger partial charge in [-0.3, -0.25) is 19.8 Å². The highest BCUT2D eigenvalue weighted by atomic mass is 32.2. The quantitative estimate of drug-likeness (QED) is 0.380. The Morgan fingerprint density at radius 2 is 2.04 bits per heavy atom. The van der Waals surface area contributed by atoms with E-state index in [2.05, 4.69) is 0 Å². The van der Waals surface area contributed by atoms with Crippen molar-refractivity contribution in [2.24, 2.45) is 0 Å². The van der Waals surface area contributed by atoms with Crippen LogP contribution in [0.15, 0.2) is 23.1 Å². The van der Waals surface area contributed by atoms with E-state index in [1.54, 1.807) is 4.90 Å². The van der Waals surface area contributed by atoms with E-state index in [0.29, 0.717) is 9.23 Å². The van der Waals surface area contributed by atoms with Crippen LogP contribution in [-0.4, -0.2) is 31.2 Å². The summed E-state index contributed by atoms with van der Waals surface area (Å²) in [6, 6.07) is 4.37. The third kappa shape index (κ3) is 3.16. The summed E-state index contributed by atoms with van der Waals surface area (Å²) in [6.45, 7) is 0. The van der Waals surface area contributed by atoms with Crippen molar-refractivity contribution < 1.29 is 14.8 Å². The van der Waals surface area contributed by atoms with Crippen molar-refractivity contribution in [2.75, 3.05) is 0 Å². The summed E-state index contributed by atoms with van der Waals surface area (Å²) >= 11 is 6.53. The summed E-state index contributed by atoms with van der Waals surface area (Å²) in [5, 5.41) is 20.9. The molecule has 1 N–H and O–H groups in total. The molecule has 1 saturated carbocycles. The lowest BCUT2D eigenvalue weighted by Gasteiger charge is -2.29. The first-order valence-corrected chi connectivity index (χ1v) is 8.95. The van der Waals surface area contributed by atoms with Crippen molar-refractivity contribution in [1.82, 2.24) is 4.90 Å². The minimum atomic E-state index is -0.653. The average Bonchev–Trinajstić information content (AvgIpc) is 2.84. The second kappa shape index (κ2) is 6.90. The molecule has 0 radical (unpaired) electrons. The Morgan fingerprint density at radius 3 is 2.71 bits per heavy atom. The fraction of sp³-hybridized carbons (Fsp3) is 0.375. The van der Waals surface area contributed by atoms with Gasteiger partial charge in [0.05, 0.1) is 9.83 Å². The van der Waals surface area contributed by atoms with Crippen molar-refractivity contribution >= 4 is 46.0 Å². The number of thioether (sulfide) groups is 1. The largest absolute Gasteiger partial charge is 0.502 e. The zero-order valence-electron chi connectivity index (χ0n) is 12.8. The molecule has 3 rings (SSSR count). The highest BCUT2D eigenvalue weighted by molar-refractivity contribution is 8.26. The molecule has 2 fully saturated rings. The molecule has 126 valence electrons. The van der Waals surface area contributed by atoms with E-state index in [0.717, 1.165) is 25.7 Å². The summed E-state index contributed by atoms with van der Waals surface area (Å²) in [6.07, 6.45) is 6.73. The van der Waals surface area contributed by atoms with E-state index in [1.807, 2.05) is 0 Å². The third-order valence-corrected chi connectivity index (χ3v) is 5.62. The van der Waals surface area contributed by atoms with Gasteiger partial charge in [0.2, 0.25) is 5.75 Å². The maximum atomic E-state index is 12.7. The van der Waals surface area contributed by atoms with Gasteiger partial charge in [0.25, 0.3) is 5.91 Å². The summed E-state index contributed by atoms with van der Waals surface area (Å²) in [5.74, 6) is -0.617. The van der Waals surface area contributed by atoms with Gasteiger partial charge in [0, 0.05) is 17.7 Å². The Balaban J connectivity index is 1.89. The Labute approximate surface area is 148 Å². The van der Waals surface area contributed by atoms with Gasteiger partial charge in [-0.1, -0.05) is 55.4 Å². The number of phenols is 1. The highest BCUT2D eigenvalue weighted by Gasteiger charge is 2.37. The minimum Gasteiger partial charge on any atom is -0.502 e. The van der Waals surface area contributed by atoms with Gasteiger partial charge in [-0.05, 0) is 18.9 Å². The van der Waals surface area contributed by atoms with Crippen LogP contribution < -0.4 is 0 Å². The van der Waals surface area contributed by atoms with Crippen LogP contribution in [0.5, 0.6) is 5.75 Å². The molecule has 1 aliphatic carbocycles. The van der Waals surface area contributed by atoms with Crippen LogP contribution in [0.1, 0.15) is 37.7 Å². The van der Waals surface area contributed by atoms with Crippen molar-refractivity contribution in [2.45, 2.75) is 38.1 Å². The van der Waals surface area contributed by atoms with E-state index in [1.165, 1.54) is 42.5 Å². The van der Waals surface area contributed by atoms with Gasteiger partial charge < -0.3 is 5.11 Å². The second-order valence-electron chi connectivity index (χ2n) is 5.82. The smallest absolute Gasteiger partial charge is 0.311 e. The maximum absolute atomic E-state index is 12.7. The van der Waals surface area contributed by atoms with Crippen molar-refractivity contribution in [1.29, 1.82) is 0 Å². The number of hydrogen-bond acceptors (Lipinski definition) is 6. The molecule has 1 saturated heterocycles. The van der Waals surface area contributed by atoms with Crippen LogP contribution in [0, 0.1) is 10.1 Å².